The van der Waals surface area contributed by atoms with E-state index in [4.69, 9.17) is 15.6 Å². The maximum Gasteiger partial charge on any atom is 2.00 e. The number of carbonyl (C=O) groups is 5. The third-order valence-corrected chi connectivity index (χ3v) is 10.5. The van der Waals surface area contributed by atoms with Crippen LogP contribution in [0.4, 0.5) is 0 Å². The first-order valence-electron chi connectivity index (χ1n) is 9.75. The number of nitrogens with one attached hydrogen (secondary N) is 1. The number of rotatable bonds is 9. The topological polar surface area (TPSA) is 220 Å². The molecule has 15 nitrogen and oxygen atoms in total. The Hall–Kier alpha value is -1.48. The molecule has 0 saturated carbocycles. The Morgan fingerprint density at radius 2 is 2.00 bits per heavy atom. The number of carboxylic acid groups (broad SMARTS) is 2. The molecule has 196 valence electrons. The second-order valence-electron chi connectivity index (χ2n) is 7.30. The van der Waals surface area contributed by atoms with Crippen LogP contribution >= 0.6 is 47.0 Å². The fraction of sp³-hybridized carbons (Fsp3) is 0.412. The summed E-state index contributed by atoms with van der Waals surface area (Å²) in [6.45, 7) is 0. The van der Waals surface area contributed by atoms with Gasteiger partial charge in [0.1, 0.15) is 21.2 Å². The van der Waals surface area contributed by atoms with Crippen molar-refractivity contribution in [2.24, 2.45) is 12.8 Å². The minimum Gasteiger partial charge on any atom is -1.00 e. The molecule has 1 aromatic heterocycles. The van der Waals surface area contributed by atoms with Crippen LogP contribution in [0.3, 0.4) is 0 Å². The van der Waals surface area contributed by atoms with Crippen molar-refractivity contribution in [3.05, 3.63) is 21.1 Å². The summed E-state index contributed by atoms with van der Waals surface area (Å²) < 4.78 is 6.05. The van der Waals surface area contributed by atoms with Crippen molar-refractivity contribution < 1.29 is 41.8 Å². The van der Waals surface area contributed by atoms with Crippen LogP contribution in [0, 0.1) is 0 Å². The quantitative estimate of drug-likeness (QED) is 0.0468. The summed E-state index contributed by atoms with van der Waals surface area (Å²) in [5, 5.41) is 32.2. The number of ether oxygens (including phenoxy) is 1. The number of thioether (sulfide) groups is 4. The summed E-state index contributed by atoms with van der Waals surface area (Å²) in [5.74, 6) is -4.89. The van der Waals surface area contributed by atoms with Gasteiger partial charge in [0.25, 0.3) is 17.5 Å². The Morgan fingerprint density at radius 1 is 1.32 bits per heavy atom. The summed E-state index contributed by atoms with van der Waals surface area (Å²) in [5.41, 5.74) is 2.93. The van der Waals surface area contributed by atoms with Crippen LogP contribution in [0.5, 0.6) is 0 Å². The molecule has 1 aromatic rings. The van der Waals surface area contributed by atoms with E-state index >= 15 is 0 Å². The molecule has 2 atom stereocenters. The number of tetrazole rings is 1. The van der Waals surface area contributed by atoms with Gasteiger partial charge in [-0.25, -0.2) is 14.3 Å². The molecule has 0 aromatic carbocycles. The number of aromatic nitrogens is 4. The summed E-state index contributed by atoms with van der Waals surface area (Å²) >= 11 is 4.06. The molecule has 5 N–H and O–H groups in total. The van der Waals surface area contributed by atoms with Crippen molar-refractivity contribution in [1.82, 2.24) is 30.4 Å². The number of nitrogens with two attached hydrogens (primary N) is 1. The van der Waals surface area contributed by atoms with Crippen molar-refractivity contribution in [2.45, 2.75) is 20.8 Å². The molecule has 4 rings (SSSR count). The number of hydrogen-bond acceptors (Lipinski definition) is 13. The number of amides is 3. The van der Waals surface area contributed by atoms with Crippen LogP contribution in [-0.4, -0.2) is 137 Å². The van der Waals surface area contributed by atoms with Gasteiger partial charge in [-0.15, -0.1) is 16.9 Å². The minimum absolute atomic E-state index is 0. The number of carbonyl (C=O) groups excluding carboxylic acids is 3. The monoisotopic (exact) mass is 617 g/mol. The van der Waals surface area contributed by atoms with Crippen LogP contribution in [0.1, 0.15) is 2.85 Å². The van der Waals surface area contributed by atoms with Crippen LogP contribution in [0.2, 0.25) is 0 Å². The molecule has 3 aliphatic rings. The van der Waals surface area contributed by atoms with E-state index in [0.29, 0.717) is 10.7 Å². The summed E-state index contributed by atoms with van der Waals surface area (Å²) in [4.78, 5) is 61.7. The second-order valence-corrected chi connectivity index (χ2v) is 12.1. The van der Waals surface area contributed by atoms with Gasteiger partial charge in [0.15, 0.2) is 0 Å². The molecule has 20 heteroatoms. The predicted octanol–water partition coefficient (Wildman–Crippen LogP) is -1.55. The average molecular weight is 618 g/mol. The maximum absolute atomic E-state index is 13.2. The zero-order chi connectivity index (χ0) is 26.4. The van der Waals surface area contributed by atoms with Crippen molar-refractivity contribution in [3.8, 4) is 0 Å². The zero-order valence-electron chi connectivity index (χ0n) is 21.1. The molecule has 0 aliphatic carbocycles. The van der Waals surface area contributed by atoms with Gasteiger partial charge < -0.3 is 28.9 Å². The fourth-order valence-electron chi connectivity index (χ4n) is 3.51. The minimum atomic E-state index is -1.81. The summed E-state index contributed by atoms with van der Waals surface area (Å²) in [6.07, 6.45) is 0. The molecule has 0 radical (unpaired) electrons. The first-order valence-corrected chi connectivity index (χ1v) is 13.5. The Kier molecular flexibility index (Phi) is 9.53. The number of primary amides is 1. The van der Waals surface area contributed by atoms with Crippen molar-refractivity contribution >= 4 is 114 Å². The standard InChI is InChI=1S/C17H17N7O8S4.Ca.2H/c1-23-16(20-21-22-23)34-4-5-3-33-15-17(32-2,14(31)24(15)7(5)11(29)30)19-9(26)13-35-12(36-13)6(8(18)25)10(27)28;;;/h13,15H,3-4H2,1-2H3,(H2,18,25)(H,19,26)(H,27,28)(H,29,30);;;/q;+2;2*-1/t13?,15-,17+;;;/m1.../s1. The zero-order valence-corrected chi connectivity index (χ0v) is 24.5. The number of carboxylic acids is 2. The maximum atomic E-state index is 13.2. The molecular weight excluding hydrogens is 599 g/mol. The molecule has 2 saturated heterocycles. The summed E-state index contributed by atoms with van der Waals surface area (Å²) in [6, 6.07) is 0. The Labute approximate surface area is 258 Å². The normalized spacial score (nSPS) is 24.3. The first kappa shape index (κ1) is 30.1. The Morgan fingerprint density at radius 3 is 2.51 bits per heavy atom. The van der Waals surface area contributed by atoms with Crippen LogP contribution < -0.4 is 11.1 Å². The molecular formula is C17H19CaN7O8S4. The first-order chi connectivity index (χ1) is 17.0. The molecule has 2 fully saturated rings. The summed E-state index contributed by atoms with van der Waals surface area (Å²) in [7, 11) is 2.86. The second kappa shape index (κ2) is 11.7. The number of aryl methyl sites for hydroxylation is 1. The van der Waals surface area contributed by atoms with Crippen LogP contribution in [-0.2, 0) is 35.8 Å². The van der Waals surface area contributed by atoms with Gasteiger partial charge >= 0.3 is 49.7 Å². The average Bonchev–Trinajstić information content (AvgIpc) is 3.20. The number of nitrogens with zero attached hydrogens (tertiary/aromatic N) is 5. The van der Waals surface area contributed by atoms with Gasteiger partial charge in [-0.1, -0.05) is 35.3 Å². The van der Waals surface area contributed by atoms with Gasteiger partial charge in [0, 0.05) is 25.7 Å². The van der Waals surface area contributed by atoms with E-state index in [9.17, 15) is 29.1 Å². The van der Waals surface area contributed by atoms with Gasteiger partial charge in [-0.05, 0) is 16.0 Å². The number of aliphatic carboxylic acids is 2. The Balaban J connectivity index is 0.00000253. The third-order valence-electron chi connectivity index (χ3n) is 5.21. The van der Waals surface area contributed by atoms with Gasteiger partial charge in [0.2, 0.25) is 11.1 Å². The van der Waals surface area contributed by atoms with E-state index in [1.54, 1.807) is 7.05 Å². The van der Waals surface area contributed by atoms with Gasteiger partial charge in [0.05, 0.1) is 4.24 Å². The van der Waals surface area contributed by atoms with Crippen molar-refractivity contribution in [1.29, 1.82) is 0 Å². The van der Waals surface area contributed by atoms with Crippen molar-refractivity contribution in [3.63, 3.8) is 0 Å². The van der Waals surface area contributed by atoms with E-state index < -0.39 is 50.9 Å². The molecule has 4 heterocycles. The van der Waals surface area contributed by atoms with E-state index in [0.717, 1.165) is 28.4 Å². The molecule has 37 heavy (non-hydrogen) atoms. The fourth-order valence-corrected chi connectivity index (χ4v) is 8.16. The van der Waals surface area contributed by atoms with Crippen LogP contribution in [0.25, 0.3) is 0 Å². The molecule has 0 bridgehead atoms. The third kappa shape index (κ3) is 5.36. The van der Waals surface area contributed by atoms with Crippen LogP contribution in [0.15, 0.2) is 26.2 Å². The van der Waals surface area contributed by atoms with E-state index in [-0.39, 0.29) is 62.0 Å². The largest absolute Gasteiger partial charge is 2.00 e. The molecule has 0 spiro atoms. The van der Waals surface area contributed by atoms with Gasteiger partial charge in [-0.2, -0.15) is 0 Å². The molecule has 3 aliphatic heterocycles. The number of methoxy groups -OCH3 is 1. The van der Waals surface area contributed by atoms with Crippen molar-refractivity contribution in [2.75, 3.05) is 18.6 Å². The predicted molar refractivity (Wildman–Crippen MR) is 136 cm³/mol. The molecule has 3 amide bonds. The van der Waals surface area contributed by atoms with E-state index in [1.165, 1.54) is 35.3 Å². The molecule has 0 unspecified atom stereocenters. The SMILES string of the molecule is CO[C@@]1(NC(=O)C2SC(=C(C(N)=O)C(=O)O)S2)C(=O)N2C(C(=O)O)=C(CSc3nnnn3C)CS[C@@H]21.[Ca+2].[H-].[H-]. The van der Waals surface area contributed by atoms with E-state index in [2.05, 4.69) is 20.8 Å². The Bertz CT molecular complexity index is 1240. The number of fused-ring (bicyclic) bond motifs is 1. The number of β-lactam (4-membered cyclic amide) rings is 1. The van der Waals surface area contributed by atoms with Gasteiger partial charge in [-0.3, -0.25) is 19.3 Å². The number of hydrogen-bond donors (Lipinski definition) is 4. The smallest absolute Gasteiger partial charge is 1.00 e. The van der Waals surface area contributed by atoms with E-state index in [1.807, 2.05) is 0 Å².